The molecule has 0 fully saturated rings. The second-order valence-electron chi connectivity index (χ2n) is 6.87. The second-order valence-corrected chi connectivity index (χ2v) is 9.00. The molecule has 168 valence electrons. The molecular formula is C23H15Cl3N2O4S. The Balaban J connectivity index is 1.76. The summed E-state index contributed by atoms with van der Waals surface area (Å²) < 4.78 is 10.2. The minimum atomic E-state index is -0.590. The van der Waals surface area contributed by atoms with Gasteiger partial charge < -0.3 is 14.6 Å². The van der Waals surface area contributed by atoms with E-state index in [1.165, 1.54) is 18.4 Å². The van der Waals surface area contributed by atoms with Crippen LogP contribution < -0.4 is 5.32 Å². The zero-order valence-corrected chi connectivity index (χ0v) is 20.3. The van der Waals surface area contributed by atoms with Gasteiger partial charge in [-0.15, -0.1) is 11.3 Å². The van der Waals surface area contributed by atoms with Gasteiger partial charge in [-0.1, -0.05) is 58.2 Å². The predicted molar refractivity (Wildman–Crippen MR) is 131 cm³/mol. The number of carbonyl (C=O) groups is 2. The summed E-state index contributed by atoms with van der Waals surface area (Å²) in [5.41, 5.74) is 2.32. The van der Waals surface area contributed by atoms with Gasteiger partial charge in [-0.2, -0.15) is 0 Å². The van der Waals surface area contributed by atoms with Gasteiger partial charge in [0.1, 0.15) is 27.6 Å². The molecule has 2 heterocycles. The van der Waals surface area contributed by atoms with E-state index in [0.717, 1.165) is 5.56 Å². The molecule has 0 aliphatic heterocycles. The molecule has 6 nitrogen and oxygen atoms in total. The van der Waals surface area contributed by atoms with Crippen LogP contribution in [-0.2, 0) is 4.74 Å². The van der Waals surface area contributed by atoms with E-state index in [1.54, 1.807) is 54.8 Å². The van der Waals surface area contributed by atoms with Crippen molar-refractivity contribution in [2.24, 2.45) is 0 Å². The van der Waals surface area contributed by atoms with Crippen molar-refractivity contribution >= 4 is 63.0 Å². The standard InChI is InChI=1S/C23H15Cl3N2O4S/c1-11-17(20(28-32-11)19-15(25)4-3-5-16(19)26)21(29)27-22-18(23(30)31-2)14(10-33-22)12-6-8-13(24)9-7-12/h3-10H,1-2H3,(H,27,29). The number of aromatic nitrogens is 1. The summed E-state index contributed by atoms with van der Waals surface area (Å²) in [6, 6.07) is 12.0. The van der Waals surface area contributed by atoms with Crippen LogP contribution in [0.2, 0.25) is 15.1 Å². The van der Waals surface area contributed by atoms with Crippen LogP contribution in [0.4, 0.5) is 5.00 Å². The van der Waals surface area contributed by atoms with Crippen LogP contribution in [-0.4, -0.2) is 24.1 Å². The number of halogens is 3. The van der Waals surface area contributed by atoms with Gasteiger partial charge in [0, 0.05) is 21.5 Å². The van der Waals surface area contributed by atoms with Gasteiger partial charge in [0.05, 0.1) is 17.2 Å². The van der Waals surface area contributed by atoms with Crippen molar-refractivity contribution < 1.29 is 18.8 Å². The predicted octanol–water partition coefficient (Wildman–Crippen LogP) is 7.38. The molecule has 2 aromatic carbocycles. The van der Waals surface area contributed by atoms with Crippen molar-refractivity contribution in [1.82, 2.24) is 5.16 Å². The largest absolute Gasteiger partial charge is 0.465 e. The lowest BCUT2D eigenvalue weighted by atomic mass is 10.0. The van der Waals surface area contributed by atoms with Gasteiger partial charge in [-0.3, -0.25) is 4.79 Å². The van der Waals surface area contributed by atoms with E-state index in [0.29, 0.717) is 31.2 Å². The molecule has 0 spiro atoms. The summed E-state index contributed by atoms with van der Waals surface area (Å²) in [7, 11) is 1.28. The number of ether oxygens (including phenoxy) is 1. The van der Waals surface area contributed by atoms with Crippen molar-refractivity contribution in [2.75, 3.05) is 12.4 Å². The van der Waals surface area contributed by atoms with Crippen LogP contribution in [0.1, 0.15) is 26.5 Å². The molecule has 0 atom stereocenters. The van der Waals surface area contributed by atoms with Crippen molar-refractivity contribution in [3.8, 4) is 22.4 Å². The smallest absolute Gasteiger partial charge is 0.341 e. The molecule has 0 radical (unpaired) electrons. The Hall–Kier alpha value is -2.84. The zero-order chi connectivity index (χ0) is 23.7. The van der Waals surface area contributed by atoms with Gasteiger partial charge in [0.25, 0.3) is 5.91 Å². The molecule has 2 aromatic heterocycles. The molecule has 33 heavy (non-hydrogen) atoms. The van der Waals surface area contributed by atoms with Gasteiger partial charge in [0.15, 0.2) is 0 Å². The molecule has 0 saturated heterocycles. The van der Waals surface area contributed by atoms with Crippen LogP contribution in [0.25, 0.3) is 22.4 Å². The molecular weight excluding hydrogens is 507 g/mol. The number of benzene rings is 2. The Morgan fingerprint density at radius 3 is 2.33 bits per heavy atom. The van der Waals surface area contributed by atoms with Crippen molar-refractivity contribution in [3.63, 3.8) is 0 Å². The lowest BCUT2D eigenvalue weighted by Crippen LogP contribution is -2.15. The summed E-state index contributed by atoms with van der Waals surface area (Å²) in [5, 5.41) is 10.1. The number of hydrogen-bond acceptors (Lipinski definition) is 6. The monoisotopic (exact) mass is 520 g/mol. The van der Waals surface area contributed by atoms with Crippen molar-refractivity contribution in [2.45, 2.75) is 6.92 Å². The number of rotatable bonds is 5. The summed E-state index contributed by atoms with van der Waals surface area (Å²) in [6.07, 6.45) is 0. The molecule has 0 bridgehead atoms. The van der Waals surface area contributed by atoms with Gasteiger partial charge >= 0.3 is 5.97 Å². The highest BCUT2D eigenvalue weighted by molar-refractivity contribution is 7.15. The van der Waals surface area contributed by atoms with E-state index in [-0.39, 0.29) is 22.6 Å². The average Bonchev–Trinajstić information content (AvgIpc) is 3.37. The van der Waals surface area contributed by atoms with Gasteiger partial charge in [-0.05, 0) is 36.8 Å². The Bertz CT molecular complexity index is 1340. The highest BCUT2D eigenvalue weighted by Gasteiger charge is 2.28. The van der Waals surface area contributed by atoms with Gasteiger partial charge in [-0.25, -0.2) is 4.79 Å². The zero-order valence-electron chi connectivity index (χ0n) is 17.2. The van der Waals surface area contributed by atoms with E-state index in [1.807, 2.05) is 0 Å². The molecule has 10 heteroatoms. The first-order valence-electron chi connectivity index (χ1n) is 9.49. The van der Waals surface area contributed by atoms with Crippen molar-refractivity contribution in [1.29, 1.82) is 0 Å². The number of esters is 1. The molecule has 0 aliphatic rings. The number of aryl methyl sites for hydroxylation is 1. The van der Waals surface area contributed by atoms with E-state index >= 15 is 0 Å². The minimum Gasteiger partial charge on any atom is -0.465 e. The first-order valence-corrected chi connectivity index (χ1v) is 11.5. The number of carbonyl (C=O) groups excluding carboxylic acids is 2. The number of thiophene rings is 1. The molecule has 1 N–H and O–H groups in total. The molecule has 4 aromatic rings. The Kier molecular flexibility index (Phi) is 6.76. The molecule has 1 amide bonds. The van der Waals surface area contributed by atoms with E-state index in [4.69, 9.17) is 44.1 Å². The summed E-state index contributed by atoms with van der Waals surface area (Å²) in [5.74, 6) is -0.852. The van der Waals surface area contributed by atoms with Crippen LogP contribution in [0.15, 0.2) is 52.4 Å². The number of anilines is 1. The third kappa shape index (κ3) is 4.50. The Morgan fingerprint density at radius 2 is 1.70 bits per heavy atom. The van der Waals surface area contributed by atoms with E-state index < -0.39 is 11.9 Å². The maximum atomic E-state index is 13.3. The molecule has 0 saturated carbocycles. The fourth-order valence-electron chi connectivity index (χ4n) is 3.30. The van der Waals surface area contributed by atoms with Crippen LogP contribution in [0.5, 0.6) is 0 Å². The Morgan fingerprint density at radius 1 is 1.03 bits per heavy atom. The normalized spacial score (nSPS) is 10.8. The van der Waals surface area contributed by atoms with Crippen LogP contribution in [0.3, 0.4) is 0 Å². The number of amides is 1. The molecule has 0 unspecified atom stereocenters. The molecule has 4 rings (SSSR count). The summed E-state index contributed by atoms with van der Waals surface area (Å²) in [6.45, 7) is 1.60. The quantitative estimate of drug-likeness (QED) is 0.277. The SMILES string of the molecule is COC(=O)c1c(-c2ccc(Cl)cc2)csc1NC(=O)c1c(-c2c(Cl)cccc2Cl)noc1C. The fraction of sp³-hybridized carbons (Fsp3) is 0.0870. The third-order valence-electron chi connectivity index (χ3n) is 4.85. The summed E-state index contributed by atoms with van der Waals surface area (Å²) >= 11 is 19.8. The number of nitrogens with zero attached hydrogens (tertiary/aromatic N) is 1. The van der Waals surface area contributed by atoms with Gasteiger partial charge in [0.2, 0.25) is 0 Å². The number of hydrogen-bond donors (Lipinski definition) is 1. The summed E-state index contributed by atoms with van der Waals surface area (Å²) in [4.78, 5) is 25.9. The third-order valence-corrected chi connectivity index (χ3v) is 6.63. The second kappa shape index (κ2) is 9.57. The first-order chi connectivity index (χ1) is 15.8. The first kappa shape index (κ1) is 23.3. The fourth-order valence-corrected chi connectivity index (χ4v) is 4.95. The Labute approximate surface area is 208 Å². The topological polar surface area (TPSA) is 81.4 Å². The lowest BCUT2D eigenvalue weighted by molar-refractivity contribution is 0.0603. The highest BCUT2D eigenvalue weighted by atomic mass is 35.5. The average molecular weight is 522 g/mol. The highest BCUT2D eigenvalue weighted by Crippen LogP contribution is 2.39. The number of methoxy groups -OCH3 is 1. The maximum Gasteiger partial charge on any atom is 0.341 e. The number of nitrogens with one attached hydrogen (secondary N) is 1. The van der Waals surface area contributed by atoms with E-state index in [9.17, 15) is 9.59 Å². The minimum absolute atomic E-state index is 0.155. The lowest BCUT2D eigenvalue weighted by Gasteiger charge is -2.09. The van der Waals surface area contributed by atoms with E-state index in [2.05, 4.69) is 10.5 Å². The maximum absolute atomic E-state index is 13.3. The van der Waals surface area contributed by atoms with Crippen molar-refractivity contribution in [3.05, 3.63) is 79.8 Å². The van der Waals surface area contributed by atoms with Crippen LogP contribution in [0, 0.1) is 6.92 Å². The molecule has 0 aliphatic carbocycles. The van der Waals surface area contributed by atoms with Crippen LogP contribution >= 0.6 is 46.1 Å².